The van der Waals surface area contributed by atoms with Crippen LogP contribution in [-0.2, 0) is 19.5 Å². The van der Waals surface area contributed by atoms with Gasteiger partial charge in [-0.2, -0.15) is 0 Å². The Labute approximate surface area is 108 Å². The van der Waals surface area contributed by atoms with E-state index < -0.39 is 0 Å². The van der Waals surface area contributed by atoms with Crippen LogP contribution >= 0.6 is 0 Å². The molecule has 18 heavy (non-hydrogen) atoms. The molecule has 1 aromatic carbocycles. The van der Waals surface area contributed by atoms with Crippen LogP contribution in [-0.4, -0.2) is 4.57 Å². The number of rotatable bonds is 3. The minimum Gasteiger partial charge on any atom is -0.350 e. The number of hydrogen-bond donors (Lipinski definition) is 1. The van der Waals surface area contributed by atoms with Crippen molar-refractivity contribution < 1.29 is 0 Å². The van der Waals surface area contributed by atoms with E-state index in [0.717, 1.165) is 6.54 Å². The molecule has 2 nitrogen and oxygen atoms in total. The van der Waals surface area contributed by atoms with E-state index in [4.69, 9.17) is 5.73 Å². The lowest BCUT2D eigenvalue weighted by Crippen LogP contribution is -2.17. The van der Waals surface area contributed by atoms with Crippen LogP contribution in [0.3, 0.4) is 0 Å². The highest BCUT2D eigenvalue weighted by Gasteiger charge is 2.20. The molecule has 94 valence electrons. The lowest BCUT2D eigenvalue weighted by Gasteiger charge is -2.26. The molecule has 2 N–H and O–H groups in total. The standard InChI is InChI=1S/C16H20N2/c17-11-15-8-4-10-18(15)12-14-7-3-6-13-5-1-2-9-16(13)14/h1-2,4-5,8-10,14H,3,6-7,11-12,17H2. The smallest absolute Gasteiger partial charge is 0.0334 e. The topological polar surface area (TPSA) is 30.9 Å². The fourth-order valence-electron chi connectivity index (χ4n) is 3.09. The van der Waals surface area contributed by atoms with Crippen LogP contribution in [0.15, 0.2) is 42.6 Å². The zero-order valence-corrected chi connectivity index (χ0v) is 10.7. The Bertz CT molecular complexity index is 527. The first kappa shape index (κ1) is 11.5. The average molecular weight is 240 g/mol. The normalized spacial score (nSPS) is 18.6. The van der Waals surface area contributed by atoms with Gasteiger partial charge in [0.05, 0.1) is 0 Å². The fourth-order valence-corrected chi connectivity index (χ4v) is 3.09. The largest absolute Gasteiger partial charge is 0.350 e. The summed E-state index contributed by atoms with van der Waals surface area (Å²) in [6.07, 6.45) is 5.99. The van der Waals surface area contributed by atoms with Gasteiger partial charge in [0.15, 0.2) is 0 Å². The van der Waals surface area contributed by atoms with E-state index in [-0.39, 0.29) is 0 Å². The SMILES string of the molecule is NCc1cccn1CC1CCCc2ccccc21. The van der Waals surface area contributed by atoms with Gasteiger partial charge in [0.1, 0.15) is 0 Å². The summed E-state index contributed by atoms with van der Waals surface area (Å²) < 4.78 is 2.31. The Morgan fingerprint density at radius 3 is 2.94 bits per heavy atom. The molecular weight excluding hydrogens is 220 g/mol. The monoisotopic (exact) mass is 240 g/mol. The zero-order chi connectivity index (χ0) is 12.4. The van der Waals surface area contributed by atoms with E-state index in [1.54, 1.807) is 5.56 Å². The van der Waals surface area contributed by atoms with Crippen LogP contribution in [0.4, 0.5) is 0 Å². The van der Waals surface area contributed by atoms with Gasteiger partial charge in [0.2, 0.25) is 0 Å². The highest BCUT2D eigenvalue weighted by molar-refractivity contribution is 5.32. The second-order valence-corrected chi connectivity index (χ2v) is 5.14. The summed E-state index contributed by atoms with van der Waals surface area (Å²) in [6.45, 7) is 1.69. The van der Waals surface area contributed by atoms with E-state index in [0.29, 0.717) is 12.5 Å². The zero-order valence-electron chi connectivity index (χ0n) is 10.7. The molecule has 1 atom stereocenters. The summed E-state index contributed by atoms with van der Waals surface area (Å²) in [5.74, 6) is 0.646. The molecule has 0 saturated carbocycles. The third kappa shape index (κ3) is 2.08. The van der Waals surface area contributed by atoms with Gasteiger partial charge in [-0.25, -0.2) is 0 Å². The molecule has 3 rings (SSSR count). The molecule has 0 spiro atoms. The maximum Gasteiger partial charge on any atom is 0.0334 e. The molecule has 0 fully saturated rings. The number of aryl methyl sites for hydroxylation is 1. The van der Waals surface area contributed by atoms with Crippen molar-refractivity contribution in [1.82, 2.24) is 4.57 Å². The Morgan fingerprint density at radius 1 is 1.17 bits per heavy atom. The molecule has 1 aromatic heterocycles. The van der Waals surface area contributed by atoms with Gasteiger partial charge in [-0.15, -0.1) is 0 Å². The lowest BCUT2D eigenvalue weighted by molar-refractivity contribution is 0.476. The fraction of sp³-hybridized carbons (Fsp3) is 0.375. The summed E-state index contributed by atoms with van der Waals surface area (Å²) in [5.41, 5.74) is 10.1. The molecule has 0 amide bonds. The van der Waals surface area contributed by atoms with Crippen LogP contribution < -0.4 is 5.73 Å². The van der Waals surface area contributed by atoms with Gasteiger partial charge >= 0.3 is 0 Å². The maximum atomic E-state index is 5.77. The molecule has 1 aliphatic rings. The molecule has 0 saturated heterocycles. The third-order valence-electron chi connectivity index (χ3n) is 4.04. The summed E-state index contributed by atoms with van der Waals surface area (Å²) >= 11 is 0. The molecule has 0 radical (unpaired) electrons. The Balaban J connectivity index is 1.86. The molecule has 2 heteroatoms. The van der Waals surface area contributed by atoms with Crippen LogP contribution in [0.5, 0.6) is 0 Å². The first-order chi connectivity index (χ1) is 8.88. The van der Waals surface area contributed by atoms with Crippen LogP contribution in [0.1, 0.15) is 35.6 Å². The molecule has 2 aromatic rings. The van der Waals surface area contributed by atoms with Gasteiger partial charge in [-0.3, -0.25) is 0 Å². The molecule has 1 aliphatic carbocycles. The van der Waals surface area contributed by atoms with Crippen molar-refractivity contribution in [2.24, 2.45) is 5.73 Å². The molecule has 0 aliphatic heterocycles. The summed E-state index contributed by atoms with van der Waals surface area (Å²) in [6, 6.07) is 13.1. The van der Waals surface area contributed by atoms with Crippen LogP contribution in [0.25, 0.3) is 0 Å². The summed E-state index contributed by atoms with van der Waals surface area (Å²) in [7, 11) is 0. The van der Waals surface area contributed by atoms with Gasteiger partial charge in [0.25, 0.3) is 0 Å². The Hall–Kier alpha value is -1.54. The Kier molecular flexibility index (Phi) is 3.20. The minimum absolute atomic E-state index is 0.626. The van der Waals surface area contributed by atoms with Crippen LogP contribution in [0, 0.1) is 0 Å². The maximum absolute atomic E-state index is 5.77. The van der Waals surface area contributed by atoms with E-state index in [1.165, 1.54) is 30.5 Å². The number of fused-ring (bicyclic) bond motifs is 1. The minimum atomic E-state index is 0.626. The molecule has 0 bridgehead atoms. The predicted molar refractivity (Wildman–Crippen MR) is 74.4 cm³/mol. The first-order valence-electron chi connectivity index (χ1n) is 6.80. The highest BCUT2D eigenvalue weighted by atomic mass is 15.0. The number of hydrogen-bond acceptors (Lipinski definition) is 1. The van der Waals surface area contributed by atoms with Crippen molar-refractivity contribution in [1.29, 1.82) is 0 Å². The number of nitrogens with two attached hydrogens (primary N) is 1. The number of nitrogens with zero attached hydrogens (tertiary/aromatic N) is 1. The first-order valence-corrected chi connectivity index (χ1v) is 6.80. The highest BCUT2D eigenvalue weighted by Crippen LogP contribution is 2.32. The van der Waals surface area contributed by atoms with E-state index >= 15 is 0 Å². The predicted octanol–water partition coefficient (Wildman–Crippen LogP) is 3.07. The van der Waals surface area contributed by atoms with Crippen LogP contribution in [0.2, 0.25) is 0 Å². The number of benzene rings is 1. The van der Waals surface area contributed by atoms with Crippen molar-refractivity contribution in [3.05, 3.63) is 59.4 Å². The summed E-state index contributed by atoms with van der Waals surface area (Å²) in [4.78, 5) is 0. The van der Waals surface area contributed by atoms with Crippen molar-refractivity contribution in [3.63, 3.8) is 0 Å². The van der Waals surface area contributed by atoms with Gasteiger partial charge < -0.3 is 10.3 Å². The van der Waals surface area contributed by atoms with Crippen molar-refractivity contribution >= 4 is 0 Å². The van der Waals surface area contributed by atoms with Crippen molar-refractivity contribution in [2.45, 2.75) is 38.3 Å². The molecule has 1 unspecified atom stereocenters. The van der Waals surface area contributed by atoms with Gasteiger partial charge in [-0.05, 0) is 42.5 Å². The van der Waals surface area contributed by atoms with Gasteiger partial charge in [-0.1, -0.05) is 24.3 Å². The lowest BCUT2D eigenvalue weighted by atomic mass is 9.83. The quantitative estimate of drug-likeness (QED) is 0.878. The molecule has 1 heterocycles. The Morgan fingerprint density at radius 2 is 2.06 bits per heavy atom. The average Bonchev–Trinajstić information content (AvgIpc) is 2.86. The third-order valence-corrected chi connectivity index (χ3v) is 4.04. The second kappa shape index (κ2) is 4.99. The van der Waals surface area contributed by atoms with Crippen molar-refractivity contribution in [2.75, 3.05) is 0 Å². The van der Waals surface area contributed by atoms with E-state index in [1.807, 2.05) is 0 Å². The van der Waals surface area contributed by atoms with E-state index in [2.05, 4.69) is 47.2 Å². The van der Waals surface area contributed by atoms with Gasteiger partial charge in [0, 0.05) is 30.9 Å². The summed E-state index contributed by atoms with van der Waals surface area (Å²) in [5, 5.41) is 0. The van der Waals surface area contributed by atoms with E-state index in [9.17, 15) is 0 Å². The van der Waals surface area contributed by atoms with Crippen molar-refractivity contribution in [3.8, 4) is 0 Å². The second-order valence-electron chi connectivity index (χ2n) is 5.14. The molecular formula is C16H20N2. The number of aromatic nitrogens is 1.